The normalized spacial score (nSPS) is 15.4. The van der Waals surface area contributed by atoms with Gasteiger partial charge in [-0.15, -0.1) is 0 Å². The van der Waals surface area contributed by atoms with E-state index in [-0.39, 0.29) is 11.5 Å². The van der Waals surface area contributed by atoms with E-state index < -0.39 is 0 Å². The van der Waals surface area contributed by atoms with Gasteiger partial charge >= 0.3 is 0 Å². The third-order valence-corrected chi connectivity index (χ3v) is 5.37. The third-order valence-electron chi connectivity index (χ3n) is 4.21. The maximum absolute atomic E-state index is 12.6. The quantitative estimate of drug-likeness (QED) is 0.524. The molecule has 134 valence electrons. The van der Waals surface area contributed by atoms with Crippen molar-refractivity contribution in [2.45, 2.75) is 0 Å². The van der Waals surface area contributed by atoms with Crippen molar-refractivity contribution in [2.75, 3.05) is 7.11 Å². The minimum Gasteiger partial charge on any atom is -0.496 e. The molecule has 1 aromatic heterocycles. The van der Waals surface area contributed by atoms with Crippen LogP contribution in [0.2, 0.25) is 0 Å². The first-order valence-electron chi connectivity index (χ1n) is 8.10. The molecule has 2 aromatic carbocycles. The first kappa shape index (κ1) is 17.5. The fourth-order valence-corrected chi connectivity index (χ4v) is 3.99. The van der Waals surface area contributed by atoms with Crippen molar-refractivity contribution in [3.05, 3.63) is 69.4 Å². The molecular formula is C20H14N2O3S2. The number of fused-ring (bicyclic) bond motifs is 1. The van der Waals surface area contributed by atoms with Gasteiger partial charge in [0.2, 0.25) is 0 Å². The molecular weight excluding hydrogens is 380 g/mol. The second-order valence-corrected chi connectivity index (χ2v) is 7.63. The summed E-state index contributed by atoms with van der Waals surface area (Å²) in [5.74, 6) is 0.364. The van der Waals surface area contributed by atoms with E-state index in [4.69, 9.17) is 17.0 Å². The van der Waals surface area contributed by atoms with Gasteiger partial charge in [0.25, 0.3) is 11.5 Å². The molecule has 7 heteroatoms. The van der Waals surface area contributed by atoms with E-state index in [2.05, 4.69) is 10.3 Å². The van der Waals surface area contributed by atoms with Crippen LogP contribution in [0.15, 0.2) is 58.2 Å². The predicted molar refractivity (Wildman–Crippen MR) is 113 cm³/mol. The van der Waals surface area contributed by atoms with Crippen LogP contribution in [0.4, 0.5) is 0 Å². The lowest BCUT2D eigenvalue weighted by atomic mass is 10.0. The van der Waals surface area contributed by atoms with E-state index in [1.807, 2.05) is 42.5 Å². The molecule has 27 heavy (non-hydrogen) atoms. The van der Waals surface area contributed by atoms with Crippen molar-refractivity contribution in [2.24, 2.45) is 0 Å². The Morgan fingerprint density at radius 3 is 2.63 bits per heavy atom. The molecule has 0 saturated carbocycles. The Balaban J connectivity index is 1.86. The SMILES string of the molecule is COc1ccc(C=C2SC(=S)NC2=O)cc1-c1cc2ccccc2[nH]c1=O. The van der Waals surface area contributed by atoms with Crippen LogP contribution in [0.5, 0.6) is 5.75 Å². The van der Waals surface area contributed by atoms with Gasteiger partial charge in [-0.25, -0.2) is 0 Å². The Hall–Kier alpha value is -2.90. The minimum absolute atomic E-state index is 0.203. The summed E-state index contributed by atoms with van der Waals surface area (Å²) in [5.41, 5.74) is 2.51. The lowest BCUT2D eigenvalue weighted by Crippen LogP contribution is -2.17. The summed E-state index contributed by atoms with van der Waals surface area (Å²) in [4.78, 5) is 28.0. The lowest BCUT2D eigenvalue weighted by molar-refractivity contribution is -0.115. The molecule has 1 aliphatic rings. The average molecular weight is 394 g/mol. The highest BCUT2D eigenvalue weighted by Gasteiger charge is 2.22. The maximum Gasteiger partial charge on any atom is 0.263 e. The van der Waals surface area contributed by atoms with Gasteiger partial charge in [-0.05, 0) is 41.3 Å². The molecule has 3 aromatic rings. The molecule has 4 rings (SSSR count). The number of aromatic amines is 1. The third kappa shape index (κ3) is 3.39. The van der Waals surface area contributed by atoms with Gasteiger partial charge in [-0.1, -0.05) is 48.2 Å². The molecule has 1 fully saturated rings. The number of benzene rings is 2. The highest BCUT2D eigenvalue weighted by Crippen LogP contribution is 2.32. The van der Waals surface area contributed by atoms with Gasteiger partial charge in [-0.2, -0.15) is 0 Å². The number of aromatic nitrogens is 1. The number of hydrogen-bond acceptors (Lipinski definition) is 5. The van der Waals surface area contributed by atoms with Crippen molar-refractivity contribution in [1.82, 2.24) is 10.3 Å². The summed E-state index contributed by atoms with van der Waals surface area (Å²) in [5, 5.41) is 3.52. The number of para-hydroxylation sites is 1. The van der Waals surface area contributed by atoms with Crippen LogP contribution in [0.3, 0.4) is 0 Å². The number of amides is 1. The average Bonchev–Trinajstić information content (AvgIpc) is 2.98. The van der Waals surface area contributed by atoms with Crippen LogP contribution in [-0.2, 0) is 4.79 Å². The number of ether oxygens (including phenoxy) is 1. The number of methoxy groups -OCH3 is 1. The number of H-pyrrole nitrogens is 1. The van der Waals surface area contributed by atoms with Gasteiger partial charge in [-0.3, -0.25) is 9.59 Å². The number of thiocarbonyl (C=S) groups is 1. The van der Waals surface area contributed by atoms with Gasteiger partial charge in [0, 0.05) is 11.1 Å². The van der Waals surface area contributed by atoms with Crippen molar-refractivity contribution < 1.29 is 9.53 Å². The predicted octanol–water partition coefficient (Wildman–Crippen LogP) is 3.69. The molecule has 0 bridgehead atoms. The van der Waals surface area contributed by atoms with E-state index in [9.17, 15) is 9.59 Å². The maximum atomic E-state index is 12.6. The summed E-state index contributed by atoms with van der Waals surface area (Å²) in [6.07, 6.45) is 1.75. The van der Waals surface area contributed by atoms with Crippen molar-refractivity contribution >= 4 is 51.2 Å². The summed E-state index contributed by atoms with van der Waals surface area (Å²) in [6.45, 7) is 0. The topological polar surface area (TPSA) is 71.2 Å². The Kier molecular flexibility index (Phi) is 4.55. The molecule has 2 N–H and O–H groups in total. The molecule has 0 aliphatic carbocycles. The van der Waals surface area contributed by atoms with Gasteiger partial charge in [0.15, 0.2) is 0 Å². The van der Waals surface area contributed by atoms with Crippen LogP contribution in [0, 0.1) is 0 Å². The number of hydrogen-bond donors (Lipinski definition) is 2. The van der Waals surface area contributed by atoms with Crippen LogP contribution in [-0.4, -0.2) is 22.3 Å². The minimum atomic E-state index is -0.217. The van der Waals surface area contributed by atoms with E-state index in [1.54, 1.807) is 19.3 Å². The van der Waals surface area contributed by atoms with Gasteiger partial charge in [0.1, 0.15) is 10.1 Å². The molecule has 0 spiro atoms. The van der Waals surface area contributed by atoms with Gasteiger partial charge in [0.05, 0.1) is 17.6 Å². The van der Waals surface area contributed by atoms with Gasteiger partial charge < -0.3 is 15.0 Å². The van der Waals surface area contributed by atoms with E-state index >= 15 is 0 Å². The molecule has 1 aliphatic heterocycles. The van der Waals surface area contributed by atoms with Crippen molar-refractivity contribution in [3.8, 4) is 16.9 Å². The van der Waals surface area contributed by atoms with E-state index in [1.165, 1.54) is 11.8 Å². The Morgan fingerprint density at radius 2 is 1.89 bits per heavy atom. The molecule has 1 saturated heterocycles. The fourth-order valence-electron chi connectivity index (χ4n) is 2.95. The molecule has 1 amide bonds. The number of nitrogens with one attached hydrogen (secondary N) is 2. The molecule has 0 atom stereocenters. The zero-order chi connectivity index (χ0) is 19.0. The second kappa shape index (κ2) is 7.02. The number of rotatable bonds is 3. The number of thioether (sulfide) groups is 1. The summed E-state index contributed by atoms with van der Waals surface area (Å²) >= 11 is 6.24. The van der Waals surface area contributed by atoms with Crippen LogP contribution in [0.25, 0.3) is 28.1 Å². The Morgan fingerprint density at radius 1 is 1.07 bits per heavy atom. The number of carbonyl (C=O) groups is 1. The first-order valence-corrected chi connectivity index (χ1v) is 9.33. The standard InChI is InChI=1S/C20H14N2O3S2/c1-25-16-7-6-11(9-17-19(24)22-20(26)27-17)8-13(16)14-10-12-4-2-3-5-15(12)21-18(14)23/h2-10H,1H3,(H,21,23)(H,22,24,26). The number of carbonyl (C=O) groups excluding carboxylic acids is 1. The second-order valence-electron chi connectivity index (χ2n) is 5.91. The summed E-state index contributed by atoms with van der Waals surface area (Å²) < 4.78 is 5.89. The summed E-state index contributed by atoms with van der Waals surface area (Å²) in [7, 11) is 1.56. The highest BCUT2D eigenvalue weighted by molar-refractivity contribution is 8.26. The number of pyridine rings is 1. The fraction of sp³-hybridized carbons (Fsp3) is 0.0500. The van der Waals surface area contributed by atoms with Crippen LogP contribution in [0.1, 0.15) is 5.56 Å². The molecule has 0 unspecified atom stereocenters. The molecule has 0 radical (unpaired) electrons. The Labute approximate surface area is 164 Å². The molecule has 2 heterocycles. The van der Waals surface area contributed by atoms with Crippen molar-refractivity contribution in [3.63, 3.8) is 0 Å². The highest BCUT2D eigenvalue weighted by atomic mass is 32.2. The zero-order valence-corrected chi connectivity index (χ0v) is 15.9. The molecule has 5 nitrogen and oxygen atoms in total. The zero-order valence-electron chi connectivity index (χ0n) is 14.2. The summed E-state index contributed by atoms with van der Waals surface area (Å²) in [6, 6.07) is 14.9. The van der Waals surface area contributed by atoms with E-state index in [0.717, 1.165) is 16.5 Å². The van der Waals surface area contributed by atoms with Crippen LogP contribution < -0.4 is 15.6 Å². The lowest BCUT2D eigenvalue weighted by Gasteiger charge is -2.10. The first-order chi connectivity index (χ1) is 13.0. The smallest absolute Gasteiger partial charge is 0.263 e. The Bertz CT molecular complexity index is 1180. The monoisotopic (exact) mass is 394 g/mol. The van der Waals surface area contributed by atoms with Crippen LogP contribution >= 0.6 is 24.0 Å². The van der Waals surface area contributed by atoms with E-state index in [0.29, 0.717) is 26.1 Å². The van der Waals surface area contributed by atoms with Crippen molar-refractivity contribution in [1.29, 1.82) is 0 Å². The largest absolute Gasteiger partial charge is 0.496 e.